The van der Waals surface area contributed by atoms with Crippen LogP contribution in [-0.4, -0.2) is 23.5 Å². The van der Waals surface area contributed by atoms with E-state index >= 15 is 0 Å². The van der Waals surface area contributed by atoms with Gasteiger partial charge in [0.2, 0.25) is 0 Å². The van der Waals surface area contributed by atoms with E-state index < -0.39 is 0 Å². The van der Waals surface area contributed by atoms with Crippen molar-refractivity contribution in [1.82, 2.24) is 10.3 Å². The first kappa shape index (κ1) is 15.8. The maximum Gasteiger partial charge on any atom is 0.255 e. The summed E-state index contributed by atoms with van der Waals surface area (Å²) in [7, 11) is 0. The second-order valence-electron chi connectivity index (χ2n) is 6.10. The van der Waals surface area contributed by atoms with E-state index in [1.54, 1.807) is 6.20 Å². The van der Waals surface area contributed by atoms with E-state index in [1.807, 2.05) is 13.0 Å². The fourth-order valence-electron chi connectivity index (χ4n) is 3.01. The summed E-state index contributed by atoms with van der Waals surface area (Å²) >= 11 is 0. The molecule has 0 aliphatic heterocycles. The average molecular weight is 289 g/mol. The number of carbonyl (C=O) groups excluding carboxylic acids is 1. The van der Waals surface area contributed by atoms with Gasteiger partial charge in [-0.1, -0.05) is 19.8 Å². The Morgan fingerprint density at radius 2 is 2.14 bits per heavy atom. The predicted octanol–water partition coefficient (Wildman–Crippen LogP) is 3.52. The molecule has 1 unspecified atom stereocenters. The van der Waals surface area contributed by atoms with Gasteiger partial charge in [-0.15, -0.1) is 0 Å². The summed E-state index contributed by atoms with van der Waals surface area (Å²) < 4.78 is 0. The fourth-order valence-corrected chi connectivity index (χ4v) is 3.01. The van der Waals surface area contributed by atoms with Gasteiger partial charge >= 0.3 is 0 Å². The zero-order valence-electron chi connectivity index (χ0n) is 13.4. The highest BCUT2D eigenvalue weighted by atomic mass is 16.1. The number of rotatable bonds is 6. The van der Waals surface area contributed by atoms with Crippen molar-refractivity contribution >= 4 is 11.6 Å². The Hall–Kier alpha value is -1.58. The predicted molar refractivity (Wildman–Crippen MR) is 86.6 cm³/mol. The van der Waals surface area contributed by atoms with Crippen LogP contribution in [-0.2, 0) is 0 Å². The summed E-state index contributed by atoms with van der Waals surface area (Å²) in [5.74, 6) is 0.611. The SMILES string of the molecule is CCCNc1cc(C)ncc1C(=O)NC(C)C1CCCC1. The molecule has 1 aromatic heterocycles. The zero-order chi connectivity index (χ0) is 15.2. The van der Waals surface area contributed by atoms with Crippen LogP contribution in [0.4, 0.5) is 5.69 Å². The van der Waals surface area contributed by atoms with Gasteiger partial charge in [-0.25, -0.2) is 0 Å². The number of nitrogens with zero attached hydrogens (tertiary/aromatic N) is 1. The summed E-state index contributed by atoms with van der Waals surface area (Å²) in [6, 6.07) is 2.19. The molecule has 1 atom stereocenters. The molecule has 1 aromatic rings. The Balaban J connectivity index is 2.06. The van der Waals surface area contributed by atoms with Crippen LogP contribution in [0.25, 0.3) is 0 Å². The Bertz CT molecular complexity index is 481. The molecule has 0 spiro atoms. The van der Waals surface area contributed by atoms with Crippen LogP contribution in [0, 0.1) is 12.8 Å². The van der Waals surface area contributed by atoms with Crippen molar-refractivity contribution in [2.75, 3.05) is 11.9 Å². The Labute approximate surface area is 127 Å². The quantitative estimate of drug-likeness (QED) is 0.842. The third-order valence-corrected chi connectivity index (χ3v) is 4.32. The second kappa shape index (κ2) is 7.43. The molecule has 0 bridgehead atoms. The maximum absolute atomic E-state index is 12.5. The first-order valence-corrected chi connectivity index (χ1v) is 8.13. The number of pyridine rings is 1. The fraction of sp³-hybridized carbons (Fsp3) is 0.647. The van der Waals surface area contributed by atoms with Gasteiger partial charge in [0.1, 0.15) is 0 Å². The third kappa shape index (κ3) is 4.19. The van der Waals surface area contributed by atoms with Gasteiger partial charge in [-0.3, -0.25) is 9.78 Å². The summed E-state index contributed by atoms with van der Waals surface area (Å²) in [5, 5.41) is 6.48. The van der Waals surface area contributed by atoms with E-state index in [0.717, 1.165) is 24.3 Å². The van der Waals surface area contributed by atoms with Gasteiger partial charge in [0.25, 0.3) is 5.91 Å². The molecule has 4 heteroatoms. The average Bonchev–Trinajstić information content (AvgIpc) is 2.99. The minimum absolute atomic E-state index is 0.0134. The van der Waals surface area contributed by atoms with E-state index in [9.17, 15) is 4.79 Å². The number of aryl methyl sites for hydroxylation is 1. The highest BCUT2D eigenvalue weighted by Gasteiger charge is 2.24. The van der Waals surface area contributed by atoms with Crippen molar-refractivity contribution in [1.29, 1.82) is 0 Å². The van der Waals surface area contributed by atoms with Crippen molar-refractivity contribution in [2.45, 2.75) is 58.9 Å². The molecular weight excluding hydrogens is 262 g/mol. The van der Waals surface area contributed by atoms with E-state index in [-0.39, 0.29) is 11.9 Å². The Morgan fingerprint density at radius 3 is 2.81 bits per heavy atom. The Kier molecular flexibility index (Phi) is 5.59. The number of amides is 1. The smallest absolute Gasteiger partial charge is 0.255 e. The van der Waals surface area contributed by atoms with Crippen LogP contribution in [0.1, 0.15) is 62.0 Å². The Morgan fingerprint density at radius 1 is 1.43 bits per heavy atom. The van der Waals surface area contributed by atoms with Gasteiger partial charge in [0.15, 0.2) is 0 Å². The molecule has 1 fully saturated rings. The van der Waals surface area contributed by atoms with E-state index in [4.69, 9.17) is 0 Å². The monoisotopic (exact) mass is 289 g/mol. The van der Waals surface area contributed by atoms with Crippen molar-refractivity contribution in [3.05, 3.63) is 23.5 Å². The lowest BCUT2D eigenvalue weighted by Gasteiger charge is -2.21. The van der Waals surface area contributed by atoms with Crippen LogP contribution in [0.3, 0.4) is 0 Å². The number of hydrogen-bond acceptors (Lipinski definition) is 3. The topological polar surface area (TPSA) is 54.0 Å². The molecule has 21 heavy (non-hydrogen) atoms. The molecule has 1 aliphatic rings. The van der Waals surface area contributed by atoms with Crippen LogP contribution < -0.4 is 10.6 Å². The van der Waals surface area contributed by atoms with Crippen LogP contribution in [0.5, 0.6) is 0 Å². The lowest BCUT2D eigenvalue weighted by atomic mass is 9.99. The summed E-state index contributed by atoms with van der Waals surface area (Å²) in [4.78, 5) is 16.8. The van der Waals surface area contributed by atoms with E-state index in [0.29, 0.717) is 11.5 Å². The lowest BCUT2D eigenvalue weighted by molar-refractivity contribution is 0.0927. The van der Waals surface area contributed by atoms with Gasteiger partial charge in [0.05, 0.1) is 11.3 Å². The first-order chi connectivity index (χ1) is 10.1. The van der Waals surface area contributed by atoms with Crippen LogP contribution >= 0.6 is 0 Å². The van der Waals surface area contributed by atoms with Crippen molar-refractivity contribution in [3.63, 3.8) is 0 Å². The number of carbonyl (C=O) groups is 1. The molecule has 0 saturated heterocycles. The molecule has 1 amide bonds. The number of aromatic nitrogens is 1. The highest BCUT2D eigenvalue weighted by molar-refractivity contribution is 5.99. The third-order valence-electron chi connectivity index (χ3n) is 4.32. The zero-order valence-corrected chi connectivity index (χ0v) is 13.4. The van der Waals surface area contributed by atoms with Crippen molar-refractivity contribution in [3.8, 4) is 0 Å². The standard InChI is InChI=1S/C17H27N3O/c1-4-9-18-16-10-12(2)19-11-15(16)17(21)20-13(3)14-7-5-6-8-14/h10-11,13-14H,4-9H2,1-3H3,(H,18,19)(H,20,21). The van der Waals surface area contributed by atoms with Crippen LogP contribution in [0.15, 0.2) is 12.3 Å². The number of hydrogen-bond donors (Lipinski definition) is 2. The highest BCUT2D eigenvalue weighted by Crippen LogP contribution is 2.28. The van der Waals surface area contributed by atoms with Crippen molar-refractivity contribution in [2.24, 2.45) is 5.92 Å². The van der Waals surface area contributed by atoms with Crippen molar-refractivity contribution < 1.29 is 4.79 Å². The van der Waals surface area contributed by atoms with E-state index in [2.05, 4.69) is 29.5 Å². The minimum Gasteiger partial charge on any atom is -0.384 e. The first-order valence-electron chi connectivity index (χ1n) is 8.13. The lowest BCUT2D eigenvalue weighted by Crippen LogP contribution is -2.37. The van der Waals surface area contributed by atoms with Crippen LogP contribution in [0.2, 0.25) is 0 Å². The molecule has 116 valence electrons. The molecule has 1 saturated carbocycles. The maximum atomic E-state index is 12.5. The summed E-state index contributed by atoms with van der Waals surface area (Å²) in [5.41, 5.74) is 2.47. The molecule has 4 nitrogen and oxygen atoms in total. The number of nitrogens with one attached hydrogen (secondary N) is 2. The molecule has 1 aliphatic carbocycles. The second-order valence-corrected chi connectivity index (χ2v) is 6.10. The summed E-state index contributed by atoms with van der Waals surface area (Å²) in [6.07, 6.45) is 7.76. The van der Waals surface area contributed by atoms with E-state index in [1.165, 1.54) is 25.7 Å². The molecule has 0 aromatic carbocycles. The molecule has 2 rings (SSSR count). The normalized spacial score (nSPS) is 16.7. The molecular formula is C17H27N3O. The van der Waals surface area contributed by atoms with Gasteiger partial charge < -0.3 is 10.6 Å². The van der Waals surface area contributed by atoms with Gasteiger partial charge in [0, 0.05) is 24.5 Å². The molecule has 0 radical (unpaired) electrons. The minimum atomic E-state index is -0.0134. The largest absolute Gasteiger partial charge is 0.384 e. The summed E-state index contributed by atoms with van der Waals surface area (Å²) in [6.45, 7) is 7.04. The van der Waals surface area contributed by atoms with Gasteiger partial charge in [-0.2, -0.15) is 0 Å². The number of anilines is 1. The molecule has 1 heterocycles. The van der Waals surface area contributed by atoms with Gasteiger partial charge in [-0.05, 0) is 45.1 Å². The molecule has 2 N–H and O–H groups in total.